The van der Waals surface area contributed by atoms with Gasteiger partial charge in [0.2, 0.25) is 5.91 Å². The van der Waals surface area contributed by atoms with Gasteiger partial charge in [-0.2, -0.15) is 0 Å². The molecule has 2 aromatic carbocycles. The number of carbonyl (C=O) groups is 2. The van der Waals surface area contributed by atoms with Crippen LogP contribution in [-0.2, 0) is 4.79 Å². The molecule has 0 saturated carbocycles. The van der Waals surface area contributed by atoms with Crippen molar-refractivity contribution >= 4 is 40.7 Å². The topological polar surface area (TPSA) is 58.2 Å². The monoisotopic (exact) mass is 392 g/mol. The molecule has 0 fully saturated rings. The lowest BCUT2D eigenvalue weighted by Gasteiger charge is -2.22. The number of hydrogen-bond donors (Lipinski definition) is 2. The van der Waals surface area contributed by atoms with Crippen molar-refractivity contribution < 1.29 is 9.59 Å². The summed E-state index contributed by atoms with van der Waals surface area (Å²) in [6.07, 6.45) is 0. The van der Waals surface area contributed by atoms with Crippen molar-refractivity contribution in [3.8, 4) is 0 Å². The van der Waals surface area contributed by atoms with Gasteiger partial charge < -0.3 is 10.6 Å². The number of amides is 2. The summed E-state index contributed by atoms with van der Waals surface area (Å²) in [4.78, 5) is 25.2. The summed E-state index contributed by atoms with van der Waals surface area (Å²) in [6.45, 7) is 7.67. The molecule has 2 N–H and O–H groups in total. The highest BCUT2D eigenvalue weighted by atomic mass is 35.5. The first-order valence-electron chi connectivity index (χ1n) is 8.32. The second-order valence-corrected chi connectivity index (χ2v) is 7.53. The fraction of sp³-hybridized carbons (Fsp3) is 0.300. The van der Waals surface area contributed by atoms with Gasteiger partial charge in [0.15, 0.2) is 0 Å². The van der Waals surface area contributed by atoms with E-state index in [1.165, 1.54) is 6.07 Å². The quantitative estimate of drug-likeness (QED) is 0.751. The van der Waals surface area contributed by atoms with Gasteiger partial charge >= 0.3 is 0 Å². The molecule has 0 bridgehead atoms. The third kappa shape index (κ3) is 5.23. The van der Waals surface area contributed by atoms with E-state index in [1.807, 2.05) is 45.9 Å². The van der Waals surface area contributed by atoms with Crippen LogP contribution >= 0.6 is 23.2 Å². The molecular weight excluding hydrogens is 371 g/mol. The molecule has 0 heterocycles. The zero-order valence-electron chi connectivity index (χ0n) is 15.2. The molecular formula is C20H22Cl2N2O2. The van der Waals surface area contributed by atoms with E-state index >= 15 is 0 Å². The van der Waals surface area contributed by atoms with Crippen molar-refractivity contribution in [2.45, 2.75) is 33.7 Å². The van der Waals surface area contributed by atoms with Crippen molar-refractivity contribution in [2.75, 3.05) is 5.32 Å². The van der Waals surface area contributed by atoms with E-state index in [9.17, 15) is 9.59 Å². The summed E-state index contributed by atoms with van der Waals surface area (Å²) in [7, 11) is 0. The Kier molecular flexibility index (Phi) is 6.68. The predicted octanol–water partition coefficient (Wildman–Crippen LogP) is 5.00. The van der Waals surface area contributed by atoms with Gasteiger partial charge in [0.1, 0.15) is 6.04 Å². The second-order valence-electron chi connectivity index (χ2n) is 6.68. The molecule has 138 valence electrons. The van der Waals surface area contributed by atoms with E-state index in [0.29, 0.717) is 10.7 Å². The number of carbonyl (C=O) groups excluding carboxylic acids is 2. The van der Waals surface area contributed by atoms with Crippen LogP contribution in [0.4, 0.5) is 5.69 Å². The van der Waals surface area contributed by atoms with E-state index in [1.54, 1.807) is 12.1 Å². The molecule has 0 spiro atoms. The van der Waals surface area contributed by atoms with Gasteiger partial charge in [-0.1, -0.05) is 43.1 Å². The Bertz CT molecular complexity index is 814. The Hall–Kier alpha value is -2.04. The zero-order chi connectivity index (χ0) is 19.4. The van der Waals surface area contributed by atoms with Crippen molar-refractivity contribution in [1.82, 2.24) is 5.32 Å². The first-order chi connectivity index (χ1) is 12.2. The van der Waals surface area contributed by atoms with Gasteiger partial charge in [0.05, 0.1) is 10.6 Å². The maximum atomic E-state index is 12.7. The summed E-state index contributed by atoms with van der Waals surface area (Å²) < 4.78 is 0. The van der Waals surface area contributed by atoms with Crippen LogP contribution in [0, 0.1) is 19.8 Å². The van der Waals surface area contributed by atoms with Gasteiger partial charge in [-0.15, -0.1) is 0 Å². The first-order valence-corrected chi connectivity index (χ1v) is 9.08. The number of rotatable bonds is 5. The van der Waals surface area contributed by atoms with Crippen LogP contribution in [0.3, 0.4) is 0 Å². The largest absolute Gasteiger partial charge is 0.340 e. The third-order valence-corrected chi connectivity index (χ3v) is 4.45. The van der Waals surface area contributed by atoms with Crippen LogP contribution in [0.5, 0.6) is 0 Å². The van der Waals surface area contributed by atoms with Gasteiger partial charge in [0, 0.05) is 10.7 Å². The van der Waals surface area contributed by atoms with Gasteiger partial charge in [-0.3, -0.25) is 9.59 Å². The molecule has 2 aromatic rings. The first kappa shape index (κ1) is 20.3. The van der Waals surface area contributed by atoms with Crippen molar-refractivity contribution in [3.05, 3.63) is 63.1 Å². The Morgan fingerprint density at radius 2 is 1.58 bits per heavy atom. The van der Waals surface area contributed by atoms with Crippen LogP contribution in [0.1, 0.15) is 35.3 Å². The molecule has 2 amide bonds. The van der Waals surface area contributed by atoms with E-state index < -0.39 is 11.9 Å². The lowest BCUT2D eigenvalue weighted by Crippen LogP contribution is -2.47. The molecule has 0 saturated heterocycles. The summed E-state index contributed by atoms with van der Waals surface area (Å²) in [5.74, 6) is -0.791. The summed E-state index contributed by atoms with van der Waals surface area (Å²) in [6, 6.07) is 9.73. The number of benzene rings is 2. The molecule has 0 radical (unpaired) electrons. The van der Waals surface area contributed by atoms with E-state index in [-0.39, 0.29) is 22.4 Å². The van der Waals surface area contributed by atoms with E-state index in [2.05, 4.69) is 10.6 Å². The fourth-order valence-electron chi connectivity index (χ4n) is 2.69. The van der Waals surface area contributed by atoms with Crippen molar-refractivity contribution in [3.63, 3.8) is 0 Å². The minimum Gasteiger partial charge on any atom is -0.340 e. The smallest absolute Gasteiger partial charge is 0.253 e. The van der Waals surface area contributed by atoms with Gasteiger partial charge in [0.25, 0.3) is 5.91 Å². The molecule has 0 aliphatic rings. The number of anilines is 1. The molecule has 4 nitrogen and oxygen atoms in total. The Balaban J connectivity index is 2.17. The molecule has 1 unspecified atom stereocenters. The molecule has 2 rings (SSSR count). The molecule has 1 atom stereocenters. The van der Waals surface area contributed by atoms with E-state index in [4.69, 9.17) is 23.2 Å². The standard InChI is InChI=1S/C20H22Cl2N2O2/c1-11(2)18(20(26)23-15-8-12(3)7-13(4)9-15)24-19(25)16-6-5-14(21)10-17(16)22/h5-11,18H,1-4H3,(H,23,26)(H,24,25). The highest BCUT2D eigenvalue weighted by Gasteiger charge is 2.25. The minimum atomic E-state index is -0.699. The molecule has 6 heteroatoms. The number of hydrogen-bond acceptors (Lipinski definition) is 2. The Labute approximate surface area is 163 Å². The normalized spacial score (nSPS) is 12.0. The maximum absolute atomic E-state index is 12.7. The van der Waals surface area contributed by atoms with Crippen LogP contribution in [0.25, 0.3) is 0 Å². The van der Waals surface area contributed by atoms with Gasteiger partial charge in [-0.05, 0) is 61.2 Å². The molecule has 26 heavy (non-hydrogen) atoms. The average Bonchev–Trinajstić information content (AvgIpc) is 2.50. The lowest BCUT2D eigenvalue weighted by atomic mass is 10.0. The van der Waals surface area contributed by atoms with Crippen LogP contribution < -0.4 is 10.6 Å². The maximum Gasteiger partial charge on any atom is 0.253 e. The van der Waals surface area contributed by atoms with E-state index in [0.717, 1.165) is 11.1 Å². The van der Waals surface area contributed by atoms with Crippen molar-refractivity contribution in [1.29, 1.82) is 0 Å². The van der Waals surface area contributed by atoms with Crippen LogP contribution in [-0.4, -0.2) is 17.9 Å². The molecule has 0 aromatic heterocycles. The number of aryl methyl sites for hydroxylation is 2. The molecule has 0 aliphatic heterocycles. The SMILES string of the molecule is Cc1cc(C)cc(NC(=O)C(NC(=O)c2ccc(Cl)cc2Cl)C(C)C)c1. The Morgan fingerprint density at radius 1 is 0.962 bits per heavy atom. The lowest BCUT2D eigenvalue weighted by molar-refractivity contribution is -0.118. The molecule has 0 aliphatic carbocycles. The second kappa shape index (κ2) is 8.56. The number of nitrogens with one attached hydrogen (secondary N) is 2. The zero-order valence-corrected chi connectivity index (χ0v) is 16.7. The predicted molar refractivity (Wildman–Crippen MR) is 107 cm³/mol. The minimum absolute atomic E-state index is 0.101. The summed E-state index contributed by atoms with van der Waals surface area (Å²) in [5.41, 5.74) is 3.09. The Morgan fingerprint density at radius 3 is 2.12 bits per heavy atom. The fourth-order valence-corrected chi connectivity index (χ4v) is 3.19. The van der Waals surface area contributed by atoms with Crippen LogP contribution in [0.15, 0.2) is 36.4 Å². The summed E-state index contributed by atoms with van der Waals surface area (Å²) in [5, 5.41) is 6.33. The third-order valence-electron chi connectivity index (χ3n) is 3.90. The number of halogens is 2. The van der Waals surface area contributed by atoms with Gasteiger partial charge in [-0.25, -0.2) is 0 Å². The average molecular weight is 393 g/mol. The summed E-state index contributed by atoms with van der Waals surface area (Å²) >= 11 is 11.9. The highest BCUT2D eigenvalue weighted by Crippen LogP contribution is 2.21. The van der Waals surface area contributed by atoms with Crippen molar-refractivity contribution in [2.24, 2.45) is 5.92 Å². The van der Waals surface area contributed by atoms with Crippen LogP contribution in [0.2, 0.25) is 10.0 Å². The highest BCUT2D eigenvalue weighted by molar-refractivity contribution is 6.36.